The first kappa shape index (κ1) is 15.3. The molecular weight excluding hydrogens is 244 g/mol. The Bertz CT molecular complexity index is 433. The van der Waals surface area contributed by atoms with E-state index >= 15 is 0 Å². The molecule has 1 atom stereocenters. The SMILES string of the molecule is COc1ccc(C(=O)N(C)CCC(C)N)cc1OC. The molecule has 0 radical (unpaired) electrons. The number of methoxy groups -OCH3 is 2. The molecule has 0 fully saturated rings. The first-order valence-electron chi connectivity index (χ1n) is 6.22. The summed E-state index contributed by atoms with van der Waals surface area (Å²) < 4.78 is 10.3. The fraction of sp³-hybridized carbons (Fsp3) is 0.500. The molecule has 0 heterocycles. The van der Waals surface area contributed by atoms with Gasteiger partial charge in [0.2, 0.25) is 0 Å². The van der Waals surface area contributed by atoms with Gasteiger partial charge in [-0.3, -0.25) is 4.79 Å². The number of carbonyl (C=O) groups excluding carboxylic acids is 1. The van der Waals surface area contributed by atoms with Crippen LogP contribution in [0.1, 0.15) is 23.7 Å². The van der Waals surface area contributed by atoms with E-state index in [0.29, 0.717) is 23.6 Å². The first-order chi connectivity index (χ1) is 8.99. The van der Waals surface area contributed by atoms with Crippen LogP contribution in [0.2, 0.25) is 0 Å². The zero-order valence-corrected chi connectivity index (χ0v) is 12.0. The zero-order chi connectivity index (χ0) is 14.4. The first-order valence-corrected chi connectivity index (χ1v) is 6.22. The number of hydrogen-bond donors (Lipinski definition) is 1. The van der Waals surface area contributed by atoms with Crippen molar-refractivity contribution >= 4 is 5.91 Å². The summed E-state index contributed by atoms with van der Waals surface area (Å²) in [6, 6.07) is 5.22. The van der Waals surface area contributed by atoms with Gasteiger partial charge in [0.1, 0.15) is 0 Å². The number of nitrogens with two attached hydrogens (primary N) is 1. The Kier molecular flexibility index (Phi) is 5.63. The van der Waals surface area contributed by atoms with Gasteiger partial charge in [-0.25, -0.2) is 0 Å². The molecule has 106 valence electrons. The van der Waals surface area contributed by atoms with Gasteiger partial charge in [-0.15, -0.1) is 0 Å². The Hall–Kier alpha value is -1.75. The van der Waals surface area contributed by atoms with E-state index in [-0.39, 0.29) is 11.9 Å². The third kappa shape index (κ3) is 4.13. The summed E-state index contributed by atoms with van der Waals surface area (Å²) in [6.45, 7) is 2.56. The van der Waals surface area contributed by atoms with Crippen LogP contribution >= 0.6 is 0 Å². The van der Waals surface area contributed by atoms with Gasteiger partial charge in [-0.2, -0.15) is 0 Å². The average molecular weight is 266 g/mol. The highest BCUT2D eigenvalue weighted by Crippen LogP contribution is 2.27. The second kappa shape index (κ2) is 6.99. The highest BCUT2D eigenvalue weighted by molar-refractivity contribution is 5.94. The average Bonchev–Trinajstić information content (AvgIpc) is 2.42. The van der Waals surface area contributed by atoms with E-state index in [9.17, 15) is 4.79 Å². The smallest absolute Gasteiger partial charge is 0.253 e. The maximum absolute atomic E-state index is 12.2. The third-order valence-electron chi connectivity index (χ3n) is 2.90. The molecule has 0 spiro atoms. The Labute approximate surface area is 114 Å². The third-order valence-corrected chi connectivity index (χ3v) is 2.90. The molecule has 1 amide bonds. The van der Waals surface area contributed by atoms with Crippen LogP contribution < -0.4 is 15.2 Å². The summed E-state index contributed by atoms with van der Waals surface area (Å²) in [4.78, 5) is 13.9. The standard InChI is InChI=1S/C14H22N2O3/c1-10(15)7-8-16(2)14(17)11-5-6-12(18-3)13(9-11)19-4/h5-6,9-10H,7-8,15H2,1-4H3. The van der Waals surface area contributed by atoms with Crippen molar-refractivity contribution in [2.45, 2.75) is 19.4 Å². The van der Waals surface area contributed by atoms with Crippen molar-refractivity contribution in [3.63, 3.8) is 0 Å². The van der Waals surface area contributed by atoms with Crippen LogP contribution in [0.3, 0.4) is 0 Å². The molecule has 19 heavy (non-hydrogen) atoms. The van der Waals surface area contributed by atoms with Gasteiger partial charge in [-0.1, -0.05) is 0 Å². The number of ether oxygens (including phenoxy) is 2. The van der Waals surface area contributed by atoms with Crippen LogP contribution in [0.15, 0.2) is 18.2 Å². The van der Waals surface area contributed by atoms with E-state index in [2.05, 4.69) is 0 Å². The molecule has 0 aliphatic carbocycles. The fourth-order valence-corrected chi connectivity index (χ4v) is 1.69. The molecule has 0 aliphatic heterocycles. The van der Waals surface area contributed by atoms with E-state index in [1.807, 2.05) is 6.92 Å². The monoisotopic (exact) mass is 266 g/mol. The number of nitrogens with zero attached hydrogens (tertiary/aromatic N) is 1. The largest absolute Gasteiger partial charge is 0.493 e. The van der Waals surface area contributed by atoms with Crippen LogP contribution in [0.25, 0.3) is 0 Å². The lowest BCUT2D eigenvalue weighted by Gasteiger charge is -2.19. The van der Waals surface area contributed by atoms with Gasteiger partial charge in [0.25, 0.3) is 5.91 Å². The Morgan fingerprint density at radius 2 is 1.95 bits per heavy atom. The number of carbonyl (C=O) groups is 1. The van der Waals surface area contributed by atoms with Gasteiger partial charge < -0.3 is 20.1 Å². The van der Waals surface area contributed by atoms with Crippen LogP contribution in [0.5, 0.6) is 11.5 Å². The molecule has 0 bridgehead atoms. The molecule has 0 saturated heterocycles. The maximum atomic E-state index is 12.2. The number of benzene rings is 1. The van der Waals surface area contributed by atoms with Crippen molar-refractivity contribution in [1.29, 1.82) is 0 Å². The molecule has 1 rings (SSSR count). The van der Waals surface area contributed by atoms with E-state index in [1.54, 1.807) is 44.4 Å². The number of hydrogen-bond acceptors (Lipinski definition) is 4. The van der Waals surface area contributed by atoms with E-state index in [0.717, 1.165) is 6.42 Å². The van der Waals surface area contributed by atoms with Crippen molar-refractivity contribution in [2.75, 3.05) is 27.8 Å². The van der Waals surface area contributed by atoms with Gasteiger partial charge in [0.15, 0.2) is 11.5 Å². The number of rotatable bonds is 6. The second-order valence-electron chi connectivity index (χ2n) is 4.56. The van der Waals surface area contributed by atoms with Crippen molar-refractivity contribution in [3.05, 3.63) is 23.8 Å². The Morgan fingerprint density at radius 1 is 1.32 bits per heavy atom. The quantitative estimate of drug-likeness (QED) is 0.847. The summed E-state index contributed by atoms with van der Waals surface area (Å²) in [6.07, 6.45) is 0.773. The van der Waals surface area contributed by atoms with Crippen LogP contribution in [0, 0.1) is 0 Å². The van der Waals surface area contributed by atoms with Crippen molar-refractivity contribution < 1.29 is 14.3 Å². The summed E-state index contributed by atoms with van der Waals surface area (Å²) in [5.74, 6) is 1.10. The van der Waals surface area contributed by atoms with Gasteiger partial charge in [0.05, 0.1) is 14.2 Å². The molecule has 0 saturated carbocycles. The van der Waals surface area contributed by atoms with Crippen LogP contribution in [0.4, 0.5) is 0 Å². The minimum atomic E-state index is -0.0541. The van der Waals surface area contributed by atoms with E-state index in [4.69, 9.17) is 15.2 Å². The number of amides is 1. The molecule has 5 nitrogen and oxygen atoms in total. The minimum absolute atomic E-state index is 0.0541. The maximum Gasteiger partial charge on any atom is 0.253 e. The van der Waals surface area contributed by atoms with Crippen molar-refractivity contribution in [2.24, 2.45) is 5.73 Å². The molecule has 1 unspecified atom stereocenters. The summed E-state index contributed by atoms with van der Waals surface area (Å²) in [5, 5.41) is 0. The van der Waals surface area contributed by atoms with Crippen molar-refractivity contribution in [3.8, 4) is 11.5 Å². The molecular formula is C14H22N2O3. The molecule has 1 aromatic carbocycles. The molecule has 1 aromatic rings. The Morgan fingerprint density at radius 3 is 2.47 bits per heavy atom. The highest BCUT2D eigenvalue weighted by atomic mass is 16.5. The van der Waals surface area contributed by atoms with E-state index in [1.165, 1.54) is 0 Å². The predicted octanol–water partition coefficient (Wildman–Crippen LogP) is 1.51. The van der Waals surface area contributed by atoms with Crippen LogP contribution in [-0.2, 0) is 0 Å². The lowest BCUT2D eigenvalue weighted by molar-refractivity contribution is 0.0791. The normalized spacial score (nSPS) is 11.8. The summed E-state index contributed by atoms with van der Waals surface area (Å²) in [7, 11) is 4.88. The highest BCUT2D eigenvalue weighted by Gasteiger charge is 2.14. The lowest BCUT2D eigenvalue weighted by atomic mass is 10.1. The molecule has 0 aliphatic rings. The molecule has 0 aromatic heterocycles. The minimum Gasteiger partial charge on any atom is -0.493 e. The second-order valence-corrected chi connectivity index (χ2v) is 4.56. The van der Waals surface area contributed by atoms with Crippen LogP contribution in [-0.4, -0.2) is 44.7 Å². The lowest BCUT2D eigenvalue weighted by Crippen LogP contribution is -2.31. The van der Waals surface area contributed by atoms with Gasteiger partial charge in [-0.05, 0) is 31.5 Å². The Balaban J connectivity index is 2.81. The van der Waals surface area contributed by atoms with Gasteiger partial charge in [0, 0.05) is 25.2 Å². The zero-order valence-electron chi connectivity index (χ0n) is 12.0. The predicted molar refractivity (Wildman–Crippen MR) is 74.8 cm³/mol. The summed E-state index contributed by atoms with van der Waals surface area (Å²) in [5.41, 5.74) is 6.26. The fourth-order valence-electron chi connectivity index (χ4n) is 1.69. The summed E-state index contributed by atoms with van der Waals surface area (Å²) >= 11 is 0. The van der Waals surface area contributed by atoms with E-state index < -0.39 is 0 Å². The topological polar surface area (TPSA) is 64.8 Å². The van der Waals surface area contributed by atoms with Gasteiger partial charge >= 0.3 is 0 Å². The molecule has 5 heteroatoms. The molecule has 2 N–H and O–H groups in total. The van der Waals surface area contributed by atoms with Crippen molar-refractivity contribution in [1.82, 2.24) is 4.90 Å².